The van der Waals surface area contributed by atoms with Crippen molar-refractivity contribution in [2.24, 2.45) is 5.92 Å². The molecule has 2 aliphatic heterocycles. The van der Waals surface area contributed by atoms with Gasteiger partial charge in [-0.25, -0.2) is 0 Å². The zero-order chi connectivity index (χ0) is 11.4. The third-order valence-electron chi connectivity index (χ3n) is 4.30. The van der Waals surface area contributed by atoms with Gasteiger partial charge < -0.3 is 9.80 Å². The first-order valence-corrected chi connectivity index (χ1v) is 7.65. The minimum Gasteiger partial charge on any atom is -0.304 e. The number of nitrogens with zero attached hydrogens (tertiary/aromatic N) is 2. The molecule has 0 bridgehead atoms. The predicted molar refractivity (Wildman–Crippen MR) is 74.0 cm³/mol. The first-order valence-electron chi connectivity index (χ1n) is 6.98. The van der Waals surface area contributed by atoms with Gasteiger partial charge in [-0.1, -0.05) is 6.92 Å². The zero-order valence-corrected chi connectivity index (χ0v) is 11.9. The second kappa shape index (κ2) is 6.33. The fraction of sp³-hybridized carbons (Fsp3) is 1.00. The van der Waals surface area contributed by atoms with Gasteiger partial charge in [0.15, 0.2) is 0 Å². The smallest absolute Gasteiger partial charge is 0.00106 e. The largest absolute Gasteiger partial charge is 0.304 e. The molecule has 0 radical (unpaired) electrons. The fourth-order valence-electron chi connectivity index (χ4n) is 2.99. The summed E-state index contributed by atoms with van der Waals surface area (Å²) >= 11 is 0. The van der Waals surface area contributed by atoms with Crippen molar-refractivity contribution in [2.45, 2.75) is 38.3 Å². The van der Waals surface area contributed by atoms with Crippen LogP contribution in [-0.4, -0.2) is 54.7 Å². The Bertz CT molecular complexity index is 194. The van der Waals surface area contributed by atoms with E-state index in [1.165, 1.54) is 65.0 Å². The molecule has 0 spiro atoms. The van der Waals surface area contributed by atoms with Crippen molar-refractivity contribution in [2.75, 3.05) is 39.3 Å². The third kappa shape index (κ3) is 3.68. The minimum absolute atomic E-state index is 0.887. The van der Waals surface area contributed by atoms with Crippen LogP contribution in [0.15, 0.2) is 0 Å². The van der Waals surface area contributed by atoms with Gasteiger partial charge in [0, 0.05) is 6.54 Å². The van der Waals surface area contributed by atoms with E-state index in [-0.39, 0.29) is 0 Å². The topological polar surface area (TPSA) is 6.48 Å². The van der Waals surface area contributed by atoms with Crippen LogP contribution in [0.5, 0.6) is 0 Å². The molecular weight excluding hydrogens is 215 g/mol. The van der Waals surface area contributed by atoms with E-state index in [1.807, 2.05) is 0 Å². The van der Waals surface area contributed by atoms with E-state index >= 15 is 0 Å². The monoisotopic (exact) mass is 242 g/mol. The van der Waals surface area contributed by atoms with Gasteiger partial charge in [-0.05, 0) is 70.0 Å². The van der Waals surface area contributed by atoms with Crippen molar-refractivity contribution in [3.05, 3.63) is 0 Å². The highest BCUT2D eigenvalue weighted by Gasteiger charge is 2.22. The van der Waals surface area contributed by atoms with E-state index < -0.39 is 0 Å². The van der Waals surface area contributed by atoms with Crippen LogP contribution in [0.25, 0.3) is 0 Å². The summed E-state index contributed by atoms with van der Waals surface area (Å²) in [6.45, 7) is 10.2. The summed E-state index contributed by atoms with van der Waals surface area (Å²) in [5, 5.41) is 0. The maximum absolute atomic E-state index is 2.99. The Balaban J connectivity index is 1.66. The molecule has 2 heterocycles. The molecule has 16 heavy (non-hydrogen) atoms. The molecule has 3 heteroatoms. The average molecular weight is 242 g/mol. The minimum atomic E-state index is 0.887. The zero-order valence-electron chi connectivity index (χ0n) is 10.7. The van der Waals surface area contributed by atoms with Crippen molar-refractivity contribution in [3.63, 3.8) is 0 Å². The molecule has 1 unspecified atom stereocenters. The molecule has 0 aromatic heterocycles. The summed E-state index contributed by atoms with van der Waals surface area (Å²) < 4.78 is 0. The second-order valence-electron chi connectivity index (χ2n) is 5.52. The van der Waals surface area contributed by atoms with Crippen LogP contribution in [0.2, 0.25) is 0 Å². The maximum Gasteiger partial charge on any atom is 0.00106 e. The number of hydrogen-bond acceptors (Lipinski definition) is 2. The van der Waals surface area contributed by atoms with Crippen LogP contribution in [0, 0.1) is 5.92 Å². The molecule has 2 saturated heterocycles. The van der Waals surface area contributed by atoms with Crippen molar-refractivity contribution < 1.29 is 0 Å². The van der Waals surface area contributed by atoms with Crippen LogP contribution in [-0.2, 0) is 0 Å². The SMILES string of the molecule is CCN1CCC(CN2CCC(P)CC2)CC1. The molecule has 0 aromatic rings. The molecule has 0 N–H and O–H groups in total. The Morgan fingerprint density at radius 3 is 2.06 bits per heavy atom. The van der Waals surface area contributed by atoms with Gasteiger partial charge in [-0.15, -0.1) is 9.24 Å². The Morgan fingerprint density at radius 1 is 0.938 bits per heavy atom. The molecule has 94 valence electrons. The molecule has 0 amide bonds. The lowest BCUT2D eigenvalue weighted by Crippen LogP contribution is -2.41. The maximum atomic E-state index is 2.99. The van der Waals surface area contributed by atoms with Crippen LogP contribution in [0.3, 0.4) is 0 Å². The van der Waals surface area contributed by atoms with Crippen LogP contribution < -0.4 is 0 Å². The van der Waals surface area contributed by atoms with E-state index in [1.54, 1.807) is 0 Å². The number of hydrogen-bond donors (Lipinski definition) is 0. The molecule has 0 saturated carbocycles. The summed E-state index contributed by atoms with van der Waals surface area (Å²) in [6.07, 6.45) is 5.63. The molecule has 2 nitrogen and oxygen atoms in total. The summed E-state index contributed by atoms with van der Waals surface area (Å²) in [5.74, 6) is 0.976. The molecular formula is C13H27N2P. The lowest BCUT2D eigenvalue weighted by Gasteiger charge is -2.36. The Kier molecular flexibility index (Phi) is 5.06. The van der Waals surface area contributed by atoms with Gasteiger partial charge in [0.1, 0.15) is 0 Å². The van der Waals surface area contributed by atoms with Gasteiger partial charge >= 0.3 is 0 Å². The van der Waals surface area contributed by atoms with E-state index in [2.05, 4.69) is 26.0 Å². The van der Waals surface area contributed by atoms with E-state index in [4.69, 9.17) is 0 Å². The Morgan fingerprint density at radius 2 is 1.50 bits per heavy atom. The second-order valence-corrected chi connectivity index (χ2v) is 6.46. The van der Waals surface area contributed by atoms with E-state index in [9.17, 15) is 0 Å². The van der Waals surface area contributed by atoms with Crippen molar-refractivity contribution in [3.8, 4) is 0 Å². The van der Waals surface area contributed by atoms with Gasteiger partial charge in [-0.2, -0.15) is 0 Å². The number of piperidine rings is 2. The van der Waals surface area contributed by atoms with E-state index in [0.717, 1.165) is 11.6 Å². The first-order chi connectivity index (χ1) is 7.78. The van der Waals surface area contributed by atoms with Crippen LogP contribution in [0.1, 0.15) is 32.6 Å². The van der Waals surface area contributed by atoms with Crippen molar-refractivity contribution in [1.29, 1.82) is 0 Å². The lowest BCUT2D eigenvalue weighted by atomic mass is 9.95. The standard InChI is InChI=1S/C13H27N2P/c1-2-14-7-3-12(4-8-14)11-15-9-5-13(16)6-10-15/h12-13H,2-11,16H2,1H3. The van der Waals surface area contributed by atoms with Crippen molar-refractivity contribution in [1.82, 2.24) is 9.80 Å². The fourth-order valence-corrected chi connectivity index (χ4v) is 3.28. The first kappa shape index (κ1) is 12.8. The van der Waals surface area contributed by atoms with Gasteiger partial charge in [0.25, 0.3) is 0 Å². The Hall–Kier alpha value is 0.350. The van der Waals surface area contributed by atoms with E-state index in [0.29, 0.717) is 0 Å². The highest BCUT2D eigenvalue weighted by atomic mass is 31.0. The quantitative estimate of drug-likeness (QED) is 0.699. The highest BCUT2D eigenvalue weighted by molar-refractivity contribution is 7.17. The van der Waals surface area contributed by atoms with Crippen LogP contribution in [0.4, 0.5) is 0 Å². The lowest BCUT2D eigenvalue weighted by molar-refractivity contribution is 0.136. The summed E-state index contributed by atoms with van der Waals surface area (Å²) in [5.41, 5.74) is 0.887. The average Bonchev–Trinajstić information content (AvgIpc) is 2.33. The third-order valence-corrected chi connectivity index (χ3v) is 4.97. The predicted octanol–water partition coefficient (Wildman–Crippen LogP) is 2.06. The normalized spacial score (nSPS) is 27.4. The number of likely N-dealkylation sites (tertiary alicyclic amines) is 2. The van der Waals surface area contributed by atoms with Gasteiger partial charge in [-0.3, -0.25) is 0 Å². The molecule has 2 aliphatic rings. The highest BCUT2D eigenvalue weighted by Crippen LogP contribution is 2.22. The summed E-state index contributed by atoms with van der Waals surface area (Å²) in [7, 11) is 2.99. The van der Waals surface area contributed by atoms with Gasteiger partial charge in [0.05, 0.1) is 0 Å². The van der Waals surface area contributed by atoms with Crippen molar-refractivity contribution >= 4 is 9.24 Å². The molecule has 2 fully saturated rings. The van der Waals surface area contributed by atoms with Crippen LogP contribution >= 0.6 is 9.24 Å². The summed E-state index contributed by atoms with van der Waals surface area (Å²) in [6, 6.07) is 0. The summed E-state index contributed by atoms with van der Waals surface area (Å²) in [4.78, 5) is 5.29. The molecule has 2 rings (SSSR count). The Labute approximate surface area is 103 Å². The van der Waals surface area contributed by atoms with Gasteiger partial charge in [0.2, 0.25) is 0 Å². The molecule has 0 aliphatic carbocycles. The molecule has 0 aromatic carbocycles. The number of rotatable bonds is 3. The molecule has 1 atom stereocenters.